The van der Waals surface area contributed by atoms with Crippen LogP contribution >= 0.6 is 0 Å². The molecule has 6 heteroatoms. The molecule has 0 radical (unpaired) electrons. The summed E-state index contributed by atoms with van der Waals surface area (Å²) in [5.74, 6) is -4.27. The van der Waals surface area contributed by atoms with Crippen LogP contribution in [0.5, 0.6) is 0 Å². The first-order valence-electron chi connectivity index (χ1n) is 5.66. The molecule has 0 aliphatic carbocycles. The zero-order valence-corrected chi connectivity index (χ0v) is 11.1. The fourth-order valence-corrected chi connectivity index (χ4v) is 0.854. The molecule has 0 amide bonds. The predicted octanol–water partition coefficient (Wildman–Crippen LogP) is 1.37. The van der Waals surface area contributed by atoms with Crippen LogP contribution < -0.4 is 0 Å². The molecule has 0 aliphatic heterocycles. The molecule has 6 nitrogen and oxygen atoms in total. The number of ketones is 2. The van der Waals surface area contributed by atoms with E-state index in [0.29, 0.717) is 6.42 Å². The molecule has 18 heavy (non-hydrogen) atoms. The lowest BCUT2D eigenvalue weighted by Gasteiger charge is -1.99. The third-order valence-corrected chi connectivity index (χ3v) is 2.10. The highest BCUT2D eigenvalue weighted by Gasteiger charge is 2.17. The van der Waals surface area contributed by atoms with Gasteiger partial charge in [-0.05, 0) is 12.3 Å². The van der Waals surface area contributed by atoms with Crippen LogP contribution in [0.1, 0.15) is 40.5 Å². The Kier molecular flexibility index (Phi) is 9.66. The monoisotopic (exact) mass is 260 g/mol. The van der Waals surface area contributed by atoms with E-state index in [1.165, 1.54) is 0 Å². The summed E-state index contributed by atoms with van der Waals surface area (Å²) in [6.45, 7) is 7.00. The quantitative estimate of drug-likeness (QED) is 0.698. The summed E-state index contributed by atoms with van der Waals surface area (Å²) in [6, 6.07) is 0. The van der Waals surface area contributed by atoms with E-state index in [-0.39, 0.29) is 18.3 Å². The van der Waals surface area contributed by atoms with Gasteiger partial charge in [-0.3, -0.25) is 9.59 Å². The molecule has 2 N–H and O–H groups in total. The molecule has 0 aromatic rings. The molecular formula is C12H20O6. The minimum atomic E-state index is -1.33. The van der Waals surface area contributed by atoms with Crippen LogP contribution in [-0.4, -0.2) is 33.7 Å². The van der Waals surface area contributed by atoms with Crippen LogP contribution in [0.15, 0.2) is 0 Å². The van der Waals surface area contributed by atoms with E-state index in [0.717, 1.165) is 0 Å². The third kappa shape index (κ3) is 9.50. The number of rotatable bonds is 6. The van der Waals surface area contributed by atoms with Crippen LogP contribution in [0.25, 0.3) is 0 Å². The first-order chi connectivity index (χ1) is 8.13. The molecule has 0 heterocycles. The summed E-state index contributed by atoms with van der Waals surface area (Å²) in [5.41, 5.74) is 0. The van der Waals surface area contributed by atoms with Crippen LogP contribution in [0.4, 0.5) is 0 Å². The Morgan fingerprint density at radius 1 is 0.944 bits per heavy atom. The molecule has 0 saturated heterocycles. The van der Waals surface area contributed by atoms with Crippen molar-refractivity contribution < 1.29 is 29.4 Å². The molecule has 0 aromatic heterocycles. The van der Waals surface area contributed by atoms with Gasteiger partial charge >= 0.3 is 11.9 Å². The van der Waals surface area contributed by atoms with Gasteiger partial charge in [0.15, 0.2) is 0 Å². The van der Waals surface area contributed by atoms with Crippen molar-refractivity contribution in [1.82, 2.24) is 0 Å². The highest BCUT2D eigenvalue weighted by atomic mass is 16.4. The van der Waals surface area contributed by atoms with Crippen molar-refractivity contribution >= 4 is 23.5 Å². The average molecular weight is 260 g/mol. The van der Waals surface area contributed by atoms with E-state index < -0.39 is 23.5 Å². The number of Topliss-reactive ketones (excluding diaryl/α,β-unsaturated/α-hetero) is 2. The number of carbonyl (C=O) groups is 4. The standard InChI is InChI=1S/2C6H10O3/c1-4(2)3-5(7)6(8)9;1-3-4(2)5(7)6(8)9/h2*4H,3H2,1-2H3,(H,8,9). The van der Waals surface area contributed by atoms with Crippen molar-refractivity contribution in [3.8, 4) is 0 Å². The first kappa shape index (κ1) is 18.6. The van der Waals surface area contributed by atoms with Crippen molar-refractivity contribution in [2.24, 2.45) is 11.8 Å². The van der Waals surface area contributed by atoms with Crippen LogP contribution in [-0.2, 0) is 19.2 Å². The lowest BCUT2D eigenvalue weighted by Crippen LogP contribution is -2.19. The fraction of sp³-hybridized carbons (Fsp3) is 0.667. The van der Waals surface area contributed by atoms with Crippen molar-refractivity contribution in [2.75, 3.05) is 0 Å². The second-order valence-electron chi connectivity index (χ2n) is 4.30. The molecular weight excluding hydrogens is 240 g/mol. The van der Waals surface area contributed by atoms with Gasteiger partial charge in [0, 0.05) is 12.3 Å². The number of carboxylic acid groups (broad SMARTS) is 2. The van der Waals surface area contributed by atoms with Gasteiger partial charge in [0.1, 0.15) is 0 Å². The molecule has 0 rings (SSSR count). The SMILES string of the molecule is CC(C)CC(=O)C(=O)O.CCC(C)C(=O)C(=O)O. The van der Waals surface area contributed by atoms with E-state index in [4.69, 9.17) is 10.2 Å². The Morgan fingerprint density at radius 2 is 1.39 bits per heavy atom. The largest absolute Gasteiger partial charge is 0.476 e. The second kappa shape index (κ2) is 9.32. The predicted molar refractivity (Wildman–Crippen MR) is 64.2 cm³/mol. The zero-order chi connectivity index (χ0) is 14.9. The van der Waals surface area contributed by atoms with Crippen LogP contribution in [0.2, 0.25) is 0 Å². The van der Waals surface area contributed by atoms with Gasteiger partial charge in [-0.1, -0.05) is 27.7 Å². The molecule has 104 valence electrons. The van der Waals surface area contributed by atoms with E-state index in [1.54, 1.807) is 27.7 Å². The van der Waals surface area contributed by atoms with E-state index in [2.05, 4.69) is 0 Å². The molecule has 0 aliphatic rings. The van der Waals surface area contributed by atoms with Gasteiger partial charge in [0.05, 0.1) is 0 Å². The smallest absolute Gasteiger partial charge is 0.372 e. The van der Waals surface area contributed by atoms with Gasteiger partial charge in [-0.15, -0.1) is 0 Å². The summed E-state index contributed by atoms with van der Waals surface area (Å²) in [7, 11) is 0. The van der Waals surface area contributed by atoms with Gasteiger partial charge in [0.2, 0.25) is 11.6 Å². The highest BCUT2D eigenvalue weighted by Crippen LogP contribution is 2.01. The molecule has 0 spiro atoms. The maximum atomic E-state index is 10.5. The Hall–Kier alpha value is -1.72. The van der Waals surface area contributed by atoms with Crippen molar-refractivity contribution in [3.63, 3.8) is 0 Å². The van der Waals surface area contributed by atoms with Crippen LogP contribution in [0.3, 0.4) is 0 Å². The Balaban J connectivity index is 0. The lowest BCUT2D eigenvalue weighted by molar-refractivity contribution is -0.150. The molecule has 0 saturated carbocycles. The maximum absolute atomic E-state index is 10.5. The van der Waals surface area contributed by atoms with Crippen molar-refractivity contribution in [3.05, 3.63) is 0 Å². The first-order valence-corrected chi connectivity index (χ1v) is 5.66. The molecule has 0 bridgehead atoms. The van der Waals surface area contributed by atoms with E-state index in [9.17, 15) is 19.2 Å². The second-order valence-corrected chi connectivity index (χ2v) is 4.30. The van der Waals surface area contributed by atoms with Gasteiger partial charge < -0.3 is 10.2 Å². The van der Waals surface area contributed by atoms with Gasteiger partial charge in [-0.2, -0.15) is 0 Å². The summed E-state index contributed by atoms with van der Waals surface area (Å²) >= 11 is 0. The number of carboxylic acids is 2. The molecule has 1 atom stereocenters. The van der Waals surface area contributed by atoms with E-state index >= 15 is 0 Å². The van der Waals surface area contributed by atoms with Crippen molar-refractivity contribution in [2.45, 2.75) is 40.5 Å². The average Bonchev–Trinajstić information content (AvgIpc) is 2.26. The Bertz CT molecular complexity index is 319. The third-order valence-electron chi connectivity index (χ3n) is 2.10. The molecule has 0 fully saturated rings. The molecule has 0 aromatic carbocycles. The Labute approximate surface area is 106 Å². The normalized spacial score (nSPS) is 11.2. The number of carbonyl (C=O) groups excluding carboxylic acids is 2. The highest BCUT2D eigenvalue weighted by molar-refractivity contribution is 6.33. The van der Waals surface area contributed by atoms with Gasteiger partial charge in [-0.25, -0.2) is 9.59 Å². The van der Waals surface area contributed by atoms with Crippen molar-refractivity contribution in [1.29, 1.82) is 0 Å². The summed E-state index contributed by atoms with van der Waals surface area (Å²) in [4.78, 5) is 40.7. The minimum absolute atomic E-state index is 0.133. The lowest BCUT2D eigenvalue weighted by atomic mass is 10.0. The number of aliphatic carboxylic acids is 2. The zero-order valence-electron chi connectivity index (χ0n) is 11.1. The van der Waals surface area contributed by atoms with E-state index in [1.807, 2.05) is 0 Å². The topological polar surface area (TPSA) is 109 Å². The number of hydrogen-bond donors (Lipinski definition) is 2. The molecule has 1 unspecified atom stereocenters. The Morgan fingerprint density at radius 3 is 1.50 bits per heavy atom. The maximum Gasteiger partial charge on any atom is 0.372 e. The fourth-order valence-electron chi connectivity index (χ4n) is 0.854. The van der Waals surface area contributed by atoms with Gasteiger partial charge in [0.25, 0.3) is 0 Å². The minimum Gasteiger partial charge on any atom is -0.476 e. The van der Waals surface area contributed by atoms with Crippen LogP contribution in [0, 0.1) is 11.8 Å². The summed E-state index contributed by atoms with van der Waals surface area (Å²) < 4.78 is 0. The summed E-state index contributed by atoms with van der Waals surface area (Å²) in [6.07, 6.45) is 0.723. The summed E-state index contributed by atoms with van der Waals surface area (Å²) in [5, 5.41) is 16.2. The number of hydrogen-bond acceptors (Lipinski definition) is 4.